The van der Waals surface area contributed by atoms with Gasteiger partial charge in [-0.2, -0.15) is 13.2 Å². The summed E-state index contributed by atoms with van der Waals surface area (Å²) < 4.78 is 54.6. The second kappa shape index (κ2) is 8.22. The number of halogens is 6. The molecule has 1 aliphatic rings. The van der Waals surface area contributed by atoms with Crippen LogP contribution in [0, 0.1) is 5.82 Å². The summed E-state index contributed by atoms with van der Waals surface area (Å²) in [5.41, 5.74) is -0.875. The second-order valence-corrected chi connectivity index (χ2v) is 7.31. The molecule has 0 bridgehead atoms. The number of piperazine rings is 1. The second-order valence-electron chi connectivity index (χ2n) is 5.56. The van der Waals surface area contributed by atoms with Gasteiger partial charge in [0.2, 0.25) is 0 Å². The van der Waals surface area contributed by atoms with Gasteiger partial charge < -0.3 is 5.32 Å². The van der Waals surface area contributed by atoms with Crippen LogP contribution in [0.3, 0.4) is 0 Å². The Morgan fingerprint density at radius 2 is 1.80 bits per heavy atom. The van der Waals surface area contributed by atoms with Crippen molar-refractivity contribution in [3.8, 4) is 0 Å². The molecule has 3 rings (SSSR count). The number of rotatable bonds is 3. The Morgan fingerprint density at radius 3 is 2.36 bits per heavy atom. The van der Waals surface area contributed by atoms with E-state index in [1.807, 2.05) is 4.90 Å². The molecule has 25 heavy (non-hydrogen) atoms. The lowest BCUT2D eigenvalue weighted by atomic mass is 9.96. The molecule has 1 atom stereocenters. The van der Waals surface area contributed by atoms with Gasteiger partial charge >= 0.3 is 6.18 Å². The van der Waals surface area contributed by atoms with E-state index in [4.69, 9.17) is 11.6 Å². The van der Waals surface area contributed by atoms with Crippen molar-refractivity contribution in [1.82, 2.24) is 10.2 Å². The van der Waals surface area contributed by atoms with Gasteiger partial charge in [-0.15, -0.1) is 23.7 Å². The number of benzene rings is 1. The number of alkyl halides is 3. The Hall–Kier alpha value is -0.860. The van der Waals surface area contributed by atoms with Crippen molar-refractivity contribution in [1.29, 1.82) is 0 Å². The lowest BCUT2D eigenvalue weighted by Crippen LogP contribution is -2.45. The van der Waals surface area contributed by atoms with Crippen LogP contribution in [0.15, 0.2) is 30.3 Å². The smallest absolute Gasteiger partial charge is 0.314 e. The summed E-state index contributed by atoms with van der Waals surface area (Å²) in [6.07, 6.45) is -4.55. The van der Waals surface area contributed by atoms with Gasteiger partial charge in [0.15, 0.2) is 0 Å². The van der Waals surface area contributed by atoms with Crippen LogP contribution in [-0.4, -0.2) is 31.1 Å². The summed E-state index contributed by atoms with van der Waals surface area (Å²) in [6.45, 7) is 2.50. The summed E-state index contributed by atoms with van der Waals surface area (Å²) in [4.78, 5) is 2.61. The summed E-state index contributed by atoms with van der Waals surface area (Å²) in [6, 6.07) is 5.35. The number of hydrogen-bond acceptors (Lipinski definition) is 3. The van der Waals surface area contributed by atoms with Crippen LogP contribution in [0.4, 0.5) is 17.6 Å². The minimum atomic E-state index is -4.55. The lowest BCUT2D eigenvalue weighted by molar-refractivity contribution is -0.138. The fourth-order valence-electron chi connectivity index (χ4n) is 2.96. The maximum absolute atomic E-state index is 13.8. The van der Waals surface area contributed by atoms with Gasteiger partial charge in [0.25, 0.3) is 0 Å². The minimum Gasteiger partial charge on any atom is -0.314 e. The van der Waals surface area contributed by atoms with Gasteiger partial charge in [-0.1, -0.05) is 11.6 Å². The minimum absolute atomic E-state index is 0. The average Bonchev–Trinajstić information content (AvgIpc) is 2.94. The van der Waals surface area contributed by atoms with E-state index in [1.54, 1.807) is 12.1 Å². The Labute approximate surface area is 158 Å². The van der Waals surface area contributed by atoms with E-state index in [9.17, 15) is 17.6 Å². The number of nitrogens with zero attached hydrogens (tertiary/aromatic N) is 1. The summed E-state index contributed by atoms with van der Waals surface area (Å²) in [7, 11) is 0. The van der Waals surface area contributed by atoms with E-state index >= 15 is 0 Å². The molecule has 1 aromatic heterocycles. The first-order valence-corrected chi connectivity index (χ1v) is 8.62. The highest BCUT2D eigenvalue weighted by atomic mass is 35.5. The molecule has 1 aliphatic heterocycles. The molecule has 138 valence electrons. The third-order valence-electron chi connectivity index (χ3n) is 3.99. The van der Waals surface area contributed by atoms with E-state index in [0.717, 1.165) is 18.2 Å². The molecule has 2 heterocycles. The van der Waals surface area contributed by atoms with Crippen LogP contribution in [0.25, 0.3) is 0 Å². The van der Waals surface area contributed by atoms with Crippen LogP contribution < -0.4 is 5.32 Å². The topological polar surface area (TPSA) is 15.3 Å². The Balaban J connectivity index is 0.00000225. The quantitative estimate of drug-likeness (QED) is 0.712. The molecular formula is C16H16Cl2F4N2S. The molecule has 2 nitrogen and oxygen atoms in total. The van der Waals surface area contributed by atoms with Crippen LogP contribution in [0.1, 0.15) is 22.0 Å². The van der Waals surface area contributed by atoms with Crippen LogP contribution in [0.2, 0.25) is 4.34 Å². The largest absolute Gasteiger partial charge is 0.416 e. The molecule has 0 spiro atoms. The van der Waals surface area contributed by atoms with Gasteiger partial charge in [-0.3, -0.25) is 4.90 Å². The summed E-state index contributed by atoms with van der Waals surface area (Å²) in [5, 5.41) is 3.17. The molecule has 1 fully saturated rings. The highest BCUT2D eigenvalue weighted by Crippen LogP contribution is 2.41. The normalized spacial score (nSPS) is 17.2. The van der Waals surface area contributed by atoms with E-state index in [-0.39, 0.29) is 18.0 Å². The molecule has 0 saturated carbocycles. The van der Waals surface area contributed by atoms with Gasteiger partial charge in [-0.25, -0.2) is 4.39 Å². The van der Waals surface area contributed by atoms with E-state index < -0.39 is 23.6 Å². The third kappa shape index (κ3) is 4.65. The Bertz CT molecular complexity index is 714. The molecule has 1 saturated heterocycles. The zero-order valence-corrected chi connectivity index (χ0v) is 15.3. The molecule has 9 heteroatoms. The molecule has 0 radical (unpaired) electrons. The molecule has 1 N–H and O–H groups in total. The van der Waals surface area contributed by atoms with Crippen molar-refractivity contribution in [2.24, 2.45) is 0 Å². The lowest BCUT2D eigenvalue weighted by Gasteiger charge is -2.35. The zero-order valence-electron chi connectivity index (χ0n) is 12.9. The molecular weight excluding hydrogens is 399 g/mol. The fourth-order valence-corrected chi connectivity index (χ4v) is 4.18. The van der Waals surface area contributed by atoms with E-state index in [2.05, 4.69) is 5.32 Å². The van der Waals surface area contributed by atoms with E-state index in [1.165, 1.54) is 11.3 Å². The van der Waals surface area contributed by atoms with Crippen LogP contribution in [0.5, 0.6) is 0 Å². The zero-order chi connectivity index (χ0) is 17.3. The first-order valence-electron chi connectivity index (χ1n) is 7.43. The van der Waals surface area contributed by atoms with Gasteiger partial charge in [-0.05, 0) is 35.9 Å². The highest BCUT2D eigenvalue weighted by Gasteiger charge is 2.38. The van der Waals surface area contributed by atoms with Crippen molar-refractivity contribution >= 4 is 35.3 Å². The third-order valence-corrected chi connectivity index (χ3v) is 5.28. The molecule has 1 aromatic carbocycles. The van der Waals surface area contributed by atoms with Crippen molar-refractivity contribution < 1.29 is 17.6 Å². The Morgan fingerprint density at radius 1 is 1.12 bits per heavy atom. The molecule has 0 aliphatic carbocycles. The fraction of sp³-hybridized carbons (Fsp3) is 0.375. The van der Waals surface area contributed by atoms with Crippen LogP contribution >= 0.6 is 35.3 Å². The van der Waals surface area contributed by atoms with Crippen molar-refractivity contribution in [2.75, 3.05) is 26.2 Å². The standard InChI is InChI=1S/C16H15ClF4N2S.ClH/c17-14-4-3-13(24-14)15(23-7-5-22-6-8-23)11-9-10(18)1-2-12(11)16(19,20)21;/h1-4,9,15,22H,5-8H2;1H/t15-;/m0./s1. The number of thiophene rings is 1. The number of hydrogen-bond donors (Lipinski definition) is 1. The summed E-state index contributed by atoms with van der Waals surface area (Å²) >= 11 is 7.21. The molecule has 0 amide bonds. The van der Waals surface area contributed by atoms with E-state index in [0.29, 0.717) is 35.4 Å². The number of nitrogens with one attached hydrogen (secondary N) is 1. The van der Waals surface area contributed by atoms with Gasteiger partial charge in [0.1, 0.15) is 5.82 Å². The molecule has 2 aromatic rings. The average molecular weight is 415 g/mol. The maximum atomic E-state index is 13.8. The van der Waals surface area contributed by atoms with Crippen molar-refractivity contribution in [3.05, 3.63) is 56.5 Å². The van der Waals surface area contributed by atoms with Crippen molar-refractivity contribution in [3.63, 3.8) is 0 Å². The predicted octanol–water partition coefficient (Wildman–Crippen LogP) is 4.98. The first-order chi connectivity index (χ1) is 11.4. The van der Waals surface area contributed by atoms with Crippen LogP contribution in [-0.2, 0) is 6.18 Å². The first kappa shape index (κ1) is 20.5. The highest BCUT2D eigenvalue weighted by molar-refractivity contribution is 7.16. The summed E-state index contributed by atoms with van der Waals surface area (Å²) in [5.74, 6) is -0.680. The maximum Gasteiger partial charge on any atom is 0.416 e. The SMILES string of the molecule is Cl.Fc1ccc(C(F)(F)F)c([C@@H](c2ccc(Cl)s2)N2CCNCC2)c1. The van der Waals surface area contributed by atoms with Gasteiger partial charge in [0, 0.05) is 31.1 Å². The van der Waals surface area contributed by atoms with Gasteiger partial charge in [0.05, 0.1) is 15.9 Å². The monoisotopic (exact) mass is 414 g/mol. The Kier molecular flexibility index (Phi) is 6.73. The van der Waals surface area contributed by atoms with Crippen molar-refractivity contribution in [2.45, 2.75) is 12.2 Å². The predicted molar refractivity (Wildman–Crippen MR) is 94.3 cm³/mol. The molecule has 0 unspecified atom stereocenters.